The standard InChI is InChI=1S/C10H14N4O2S/c1-3-4-5-8-11-9(16-13-8)6-14-10(15)17-7(2)12-14/h3-6H2,1-2H3. The highest BCUT2D eigenvalue weighted by molar-refractivity contribution is 7.08. The quantitative estimate of drug-likeness (QED) is 0.806. The van der Waals surface area contributed by atoms with E-state index in [9.17, 15) is 4.79 Å². The normalized spacial score (nSPS) is 10.9. The molecule has 6 nitrogen and oxygen atoms in total. The van der Waals surface area contributed by atoms with Crippen molar-refractivity contribution in [2.45, 2.75) is 39.7 Å². The fourth-order valence-corrected chi connectivity index (χ4v) is 2.03. The molecule has 0 N–H and O–H groups in total. The molecule has 2 rings (SSSR count). The van der Waals surface area contributed by atoms with Gasteiger partial charge in [-0.1, -0.05) is 29.8 Å². The van der Waals surface area contributed by atoms with E-state index in [4.69, 9.17) is 4.52 Å². The Morgan fingerprint density at radius 3 is 2.94 bits per heavy atom. The highest BCUT2D eigenvalue weighted by atomic mass is 32.1. The summed E-state index contributed by atoms with van der Waals surface area (Å²) >= 11 is 1.12. The molecule has 0 aromatic carbocycles. The predicted molar refractivity (Wildman–Crippen MR) is 63.1 cm³/mol. The zero-order valence-electron chi connectivity index (χ0n) is 9.84. The lowest BCUT2D eigenvalue weighted by Gasteiger charge is -1.92. The second-order valence-electron chi connectivity index (χ2n) is 3.75. The summed E-state index contributed by atoms with van der Waals surface area (Å²) in [4.78, 5) is 15.6. The van der Waals surface area contributed by atoms with E-state index in [0.717, 1.165) is 35.6 Å². The first kappa shape index (κ1) is 12.0. The van der Waals surface area contributed by atoms with Crippen molar-refractivity contribution >= 4 is 11.3 Å². The molecule has 0 aliphatic carbocycles. The maximum absolute atomic E-state index is 11.5. The summed E-state index contributed by atoms with van der Waals surface area (Å²) < 4.78 is 6.42. The molecule has 0 atom stereocenters. The maximum atomic E-state index is 11.5. The second kappa shape index (κ2) is 5.22. The molecule has 0 radical (unpaired) electrons. The Kier molecular flexibility index (Phi) is 3.68. The van der Waals surface area contributed by atoms with Gasteiger partial charge in [0.05, 0.1) is 0 Å². The Bertz CT molecular complexity index is 542. The van der Waals surface area contributed by atoms with Crippen molar-refractivity contribution in [3.8, 4) is 0 Å². The van der Waals surface area contributed by atoms with Crippen molar-refractivity contribution in [3.63, 3.8) is 0 Å². The summed E-state index contributed by atoms with van der Waals surface area (Å²) in [5.74, 6) is 1.13. The molecule has 0 aliphatic heterocycles. The van der Waals surface area contributed by atoms with Crippen molar-refractivity contribution in [2.24, 2.45) is 0 Å². The Labute approximate surface area is 102 Å². The van der Waals surface area contributed by atoms with E-state index in [0.29, 0.717) is 11.7 Å². The van der Waals surface area contributed by atoms with E-state index >= 15 is 0 Å². The van der Waals surface area contributed by atoms with Crippen molar-refractivity contribution in [1.82, 2.24) is 19.9 Å². The van der Waals surface area contributed by atoms with E-state index in [1.807, 2.05) is 0 Å². The van der Waals surface area contributed by atoms with E-state index in [1.54, 1.807) is 6.92 Å². The van der Waals surface area contributed by atoms with Crippen LogP contribution in [0.1, 0.15) is 36.5 Å². The molecule has 17 heavy (non-hydrogen) atoms. The van der Waals surface area contributed by atoms with Gasteiger partial charge < -0.3 is 4.52 Å². The molecule has 0 unspecified atom stereocenters. The topological polar surface area (TPSA) is 73.8 Å². The average molecular weight is 254 g/mol. The summed E-state index contributed by atoms with van der Waals surface area (Å²) in [6.07, 6.45) is 2.94. The fraction of sp³-hybridized carbons (Fsp3) is 0.600. The summed E-state index contributed by atoms with van der Waals surface area (Å²) in [7, 11) is 0. The van der Waals surface area contributed by atoms with Gasteiger partial charge in [-0.15, -0.1) is 0 Å². The van der Waals surface area contributed by atoms with E-state index in [-0.39, 0.29) is 11.4 Å². The summed E-state index contributed by atoms with van der Waals surface area (Å²) in [6, 6.07) is 0. The molecular weight excluding hydrogens is 240 g/mol. The third kappa shape index (κ3) is 3.00. The summed E-state index contributed by atoms with van der Waals surface area (Å²) in [6.45, 7) is 4.16. The van der Waals surface area contributed by atoms with Crippen LogP contribution in [0.4, 0.5) is 0 Å². The van der Waals surface area contributed by atoms with Crippen LogP contribution in [0, 0.1) is 6.92 Å². The monoisotopic (exact) mass is 254 g/mol. The number of hydrogen-bond acceptors (Lipinski definition) is 6. The predicted octanol–water partition coefficient (Wildman–Crippen LogP) is 1.39. The molecular formula is C10H14N4O2S. The lowest BCUT2D eigenvalue weighted by Crippen LogP contribution is -2.15. The highest BCUT2D eigenvalue weighted by Crippen LogP contribution is 2.04. The van der Waals surface area contributed by atoms with Crippen molar-refractivity contribution in [1.29, 1.82) is 0 Å². The van der Waals surface area contributed by atoms with Gasteiger partial charge in [-0.25, -0.2) is 4.68 Å². The Balaban J connectivity index is 2.06. The van der Waals surface area contributed by atoms with Crippen LogP contribution in [-0.4, -0.2) is 19.9 Å². The number of unbranched alkanes of at least 4 members (excludes halogenated alkanes) is 1. The third-order valence-corrected chi connectivity index (χ3v) is 3.02. The minimum absolute atomic E-state index is 0.101. The maximum Gasteiger partial charge on any atom is 0.325 e. The van der Waals surface area contributed by atoms with Crippen LogP contribution in [0.2, 0.25) is 0 Å². The van der Waals surface area contributed by atoms with Gasteiger partial charge in [0.15, 0.2) is 5.82 Å². The molecule has 0 fully saturated rings. The molecule has 2 aromatic heterocycles. The van der Waals surface area contributed by atoms with Gasteiger partial charge in [0.2, 0.25) is 5.89 Å². The van der Waals surface area contributed by atoms with Crippen LogP contribution in [0.3, 0.4) is 0 Å². The highest BCUT2D eigenvalue weighted by Gasteiger charge is 2.09. The molecule has 2 heterocycles. The largest absolute Gasteiger partial charge is 0.337 e. The van der Waals surface area contributed by atoms with Crippen LogP contribution >= 0.6 is 11.3 Å². The second-order valence-corrected chi connectivity index (χ2v) is 4.90. The van der Waals surface area contributed by atoms with Crippen LogP contribution in [0.25, 0.3) is 0 Å². The minimum Gasteiger partial charge on any atom is -0.337 e. The molecule has 0 spiro atoms. The summed E-state index contributed by atoms with van der Waals surface area (Å²) in [5, 5.41) is 8.67. The van der Waals surface area contributed by atoms with Crippen LogP contribution in [-0.2, 0) is 13.0 Å². The van der Waals surface area contributed by atoms with Gasteiger partial charge >= 0.3 is 4.87 Å². The molecule has 0 aliphatic rings. The molecule has 0 amide bonds. The van der Waals surface area contributed by atoms with E-state index in [2.05, 4.69) is 22.2 Å². The van der Waals surface area contributed by atoms with E-state index in [1.165, 1.54) is 4.68 Å². The molecule has 2 aromatic rings. The first-order chi connectivity index (χ1) is 8.19. The number of hydrogen-bond donors (Lipinski definition) is 0. The van der Waals surface area contributed by atoms with Crippen molar-refractivity contribution in [3.05, 3.63) is 26.4 Å². The van der Waals surface area contributed by atoms with Gasteiger partial charge in [-0.3, -0.25) is 4.79 Å². The first-order valence-electron chi connectivity index (χ1n) is 5.55. The molecule has 0 saturated heterocycles. The molecule has 0 bridgehead atoms. The average Bonchev–Trinajstić information content (AvgIpc) is 2.84. The Hall–Kier alpha value is -1.50. The first-order valence-corrected chi connectivity index (χ1v) is 6.36. The number of nitrogens with zero attached hydrogens (tertiary/aromatic N) is 4. The smallest absolute Gasteiger partial charge is 0.325 e. The minimum atomic E-state index is -0.101. The SMILES string of the molecule is CCCCc1noc(Cn2nc(C)sc2=O)n1. The zero-order valence-corrected chi connectivity index (χ0v) is 10.7. The van der Waals surface area contributed by atoms with Crippen molar-refractivity contribution < 1.29 is 4.52 Å². The van der Waals surface area contributed by atoms with Crippen LogP contribution in [0.5, 0.6) is 0 Å². The van der Waals surface area contributed by atoms with Crippen molar-refractivity contribution in [2.75, 3.05) is 0 Å². The van der Waals surface area contributed by atoms with E-state index < -0.39 is 0 Å². The third-order valence-electron chi connectivity index (χ3n) is 2.26. The number of aryl methyl sites for hydroxylation is 2. The molecule has 7 heteroatoms. The fourth-order valence-electron chi connectivity index (χ4n) is 1.43. The molecule has 0 saturated carbocycles. The number of rotatable bonds is 5. The zero-order chi connectivity index (χ0) is 12.3. The number of aromatic nitrogens is 4. The lowest BCUT2D eigenvalue weighted by atomic mass is 10.2. The Morgan fingerprint density at radius 2 is 2.29 bits per heavy atom. The molecule has 92 valence electrons. The summed E-state index contributed by atoms with van der Waals surface area (Å²) in [5.41, 5.74) is 0. The van der Waals surface area contributed by atoms with Gasteiger partial charge in [0.1, 0.15) is 11.6 Å². The van der Waals surface area contributed by atoms with Gasteiger partial charge in [0, 0.05) is 6.42 Å². The van der Waals surface area contributed by atoms with Gasteiger partial charge in [-0.2, -0.15) is 10.1 Å². The van der Waals surface area contributed by atoms with Gasteiger partial charge in [0.25, 0.3) is 0 Å². The van der Waals surface area contributed by atoms with Crippen LogP contribution in [0.15, 0.2) is 9.32 Å². The Morgan fingerprint density at radius 1 is 1.47 bits per heavy atom. The lowest BCUT2D eigenvalue weighted by molar-refractivity contribution is 0.359. The van der Waals surface area contributed by atoms with Crippen LogP contribution < -0.4 is 4.87 Å². The van der Waals surface area contributed by atoms with Gasteiger partial charge in [-0.05, 0) is 13.3 Å².